The van der Waals surface area contributed by atoms with Crippen LogP contribution in [0, 0.1) is 0 Å². The van der Waals surface area contributed by atoms with Crippen LogP contribution in [0.5, 0.6) is 0 Å². The number of rotatable bonds is 13. The Balaban J connectivity index is 2.02. The topological polar surface area (TPSA) is 27.7 Å². The van der Waals surface area contributed by atoms with Gasteiger partial charge in [0.2, 0.25) is 0 Å². The molecule has 0 aliphatic heterocycles. The highest BCUT2D eigenvalue weighted by molar-refractivity contribution is 5.47. The Morgan fingerprint density at radius 1 is 0.645 bits per heavy atom. The Kier molecular flexibility index (Phi) is 8.80. The summed E-state index contributed by atoms with van der Waals surface area (Å²) in [6.45, 7) is 9.13. The standard InChI is InChI=1S/C28H30O3/c1-3-20-29-22-27(30-21-4-2)23-31-28(24-14-8-5-9-15-24,25-16-10-6-11-17-25)26-18-12-7-13-19-26/h3-19,27H,1-2,20-23H2. The van der Waals surface area contributed by atoms with Gasteiger partial charge in [0, 0.05) is 0 Å². The average molecular weight is 415 g/mol. The number of hydrogen-bond donors (Lipinski definition) is 0. The fraction of sp³-hybridized carbons (Fsp3) is 0.214. The Hall–Kier alpha value is -2.98. The van der Waals surface area contributed by atoms with Crippen molar-refractivity contribution in [3.63, 3.8) is 0 Å². The van der Waals surface area contributed by atoms with Crippen molar-refractivity contribution in [3.8, 4) is 0 Å². The molecule has 0 N–H and O–H groups in total. The summed E-state index contributed by atoms with van der Waals surface area (Å²) in [6, 6.07) is 30.9. The summed E-state index contributed by atoms with van der Waals surface area (Å²) in [4.78, 5) is 0. The van der Waals surface area contributed by atoms with E-state index in [0.717, 1.165) is 16.7 Å². The maximum atomic E-state index is 6.81. The minimum atomic E-state index is -0.780. The number of hydrogen-bond acceptors (Lipinski definition) is 3. The van der Waals surface area contributed by atoms with Crippen molar-refractivity contribution >= 4 is 0 Å². The molecule has 160 valence electrons. The molecule has 1 atom stereocenters. The predicted octanol–water partition coefficient (Wildman–Crippen LogP) is 5.77. The van der Waals surface area contributed by atoms with Crippen molar-refractivity contribution in [2.45, 2.75) is 11.7 Å². The largest absolute Gasteiger partial charge is 0.375 e. The number of benzene rings is 3. The van der Waals surface area contributed by atoms with E-state index in [2.05, 4.69) is 49.6 Å². The van der Waals surface area contributed by atoms with Crippen molar-refractivity contribution in [2.24, 2.45) is 0 Å². The van der Waals surface area contributed by atoms with Gasteiger partial charge in [-0.1, -0.05) is 103 Å². The quantitative estimate of drug-likeness (QED) is 0.202. The summed E-state index contributed by atoms with van der Waals surface area (Å²) in [5, 5.41) is 0. The van der Waals surface area contributed by atoms with Crippen LogP contribution in [-0.2, 0) is 19.8 Å². The van der Waals surface area contributed by atoms with Crippen molar-refractivity contribution in [1.29, 1.82) is 0 Å². The summed E-state index contributed by atoms with van der Waals surface area (Å²) in [7, 11) is 0. The fourth-order valence-corrected chi connectivity index (χ4v) is 3.62. The zero-order valence-corrected chi connectivity index (χ0v) is 17.9. The van der Waals surface area contributed by atoms with Crippen LogP contribution in [0.1, 0.15) is 16.7 Å². The molecule has 3 rings (SSSR count). The summed E-state index contributed by atoms with van der Waals surface area (Å²) in [5.41, 5.74) is 2.39. The second-order valence-corrected chi connectivity index (χ2v) is 7.16. The van der Waals surface area contributed by atoms with Crippen LogP contribution in [0.15, 0.2) is 116 Å². The summed E-state index contributed by atoms with van der Waals surface area (Å²) in [6.07, 6.45) is 3.22. The Morgan fingerprint density at radius 3 is 1.52 bits per heavy atom. The smallest absolute Gasteiger partial charge is 0.143 e. The van der Waals surface area contributed by atoms with Gasteiger partial charge >= 0.3 is 0 Å². The first-order valence-corrected chi connectivity index (χ1v) is 10.5. The molecule has 3 nitrogen and oxygen atoms in total. The van der Waals surface area contributed by atoms with Crippen molar-refractivity contribution in [1.82, 2.24) is 0 Å². The molecule has 0 aromatic heterocycles. The zero-order valence-electron chi connectivity index (χ0n) is 17.9. The van der Waals surface area contributed by atoms with E-state index in [4.69, 9.17) is 14.2 Å². The van der Waals surface area contributed by atoms with E-state index in [0.29, 0.717) is 26.4 Å². The van der Waals surface area contributed by atoms with Crippen molar-refractivity contribution < 1.29 is 14.2 Å². The van der Waals surface area contributed by atoms with Crippen LogP contribution in [0.3, 0.4) is 0 Å². The molecule has 1 unspecified atom stereocenters. The van der Waals surface area contributed by atoms with Gasteiger partial charge in [-0.2, -0.15) is 0 Å². The van der Waals surface area contributed by atoms with Gasteiger partial charge < -0.3 is 14.2 Å². The molecule has 0 amide bonds. The predicted molar refractivity (Wildman–Crippen MR) is 126 cm³/mol. The third-order valence-electron chi connectivity index (χ3n) is 5.02. The van der Waals surface area contributed by atoms with Crippen LogP contribution in [0.25, 0.3) is 0 Å². The normalized spacial score (nSPS) is 12.3. The van der Waals surface area contributed by atoms with E-state index in [1.165, 1.54) is 0 Å². The molecule has 31 heavy (non-hydrogen) atoms. The van der Waals surface area contributed by atoms with Gasteiger partial charge in [0.25, 0.3) is 0 Å². The van der Waals surface area contributed by atoms with Gasteiger partial charge in [-0.25, -0.2) is 0 Å². The Labute approximate surface area is 185 Å². The monoisotopic (exact) mass is 414 g/mol. The summed E-state index contributed by atoms with van der Waals surface area (Å²) >= 11 is 0. The second kappa shape index (κ2) is 12.0. The molecule has 3 aromatic rings. The molecule has 0 radical (unpaired) electrons. The first kappa shape index (κ1) is 22.7. The molecule has 0 bridgehead atoms. The molecule has 0 heterocycles. The van der Waals surface area contributed by atoms with Gasteiger partial charge in [-0.3, -0.25) is 0 Å². The van der Waals surface area contributed by atoms with Gasteiger partial charge in [-0.15, -0.1) is 13.2 Å². The Bertz CT molecular complexity index is 810. The average Bonchev–Trinajstić information content (AvgIpc) is 2.84. The van der Waals surface area contributed by atoms with Crippen LogP contribution in [-0.4, -0.2) is 32.5 Å². The Morgan fingerprint density at radius 2 is 1.10 bits per heavy atom. The van der Waals surface area contributed by atoms with E-state index >= 15 is 0 Å². The van der Waals surface area contributed by atoms with Crippen LogP contribution in [0.2, 0.25) is 0 Å². The lowest BCUT2D eigenvalue weighted by Gasteiger charge is -2.37. The molecule has 0 aliphatic rings. The highest BCUT2D eigenvalue weighted by Gasteiger charge is 2.38. The van der Waals surface area contributed by atoms with E-state index in [9.17, 15) is 0 Å². The molecule has 0 aliphatic carbocycles. The highest BCUT2D eigenvalue weighted by atomic mass is 16.6. The third kappa shape index (κ3) is 5.80. The molecule has 3 aromatic carbocycles. The van der Waals surface area contributed by atoms with Gasteiger partial charge in [0.05, 0.1) is 26.4 Å². The minimum absolute atomic E-state index is 0.242. The summed E-state index contributed by atoms with van der Waals surface area (Å²) < 4.78 is 18.4. The fourth-order valence-electron chi connectivity index (χ4n) is 3.62. The van der Waals surface area contributed by atoms with E-state index < -0.39 is 5.60 Å². The lowest BCUT2D eigenvalue weighted by Crippen LogP contribution is -2.37. The maximum Gasteiger partial charge on any atom is 0.143 e. The lowest BCUT2D eigenvalue weighted by molar-refractivity contribution is -0.0833. The molecule has 0 fully saturated rings. The third-order valence-corrected chi connectivity index (χ3v) is 5.02. The molecule has 0 saturated heterocycles. The minimum Gasteiger partial charge on any atom is -0.375 e. The highest BCUT2D eigenvalue weighted by Crippen LogP contribution is 2.40. The van der Waals surface area contributed by atoms with Gasteiger partial charge in [0.15, 0.2) is 0 Å². The molecule has 3 heteroatoms. The molecule has 0 saturated carbocycles. The van der Waals surface area contributed by atoms with E-state index in [1.807, 2.05) is 54.6 Å². The molecule has 0 spiro atoms. The van der Waals surface area contributed by atoms with Crippen molar-refractivity contribution in [2.75, 3.05) is 26.4 Å². The van der Waals surface area contributed by atoms with Crippen LogP contribution in [0.4, 0.5) is 0 Å². The zero-order chi connectivity index (χ0) is 21.8. The van der Waals surface area contributed by atoms with E-state index in [1.54, 1.807) is 12.2 Å². The second-order valence-electron chi connectivity index (χ2n) is 7.16. The van der Waals surface area contributed by atoms with Gasteiger partial charge in [0.1, 0.15) is 11.7 Å². The first-order valence-electron chi connectivity index (χ1n) is 10.5. The van der Waals surface area contributed by atoms with Gasteiger partial charge in [-0.05, 0) is 16.7 Å². The van der Waals surface area contributed by atoms with Crippen LogP contribution >= 0.6 is 0 Å². The van der Waals surface area contributed by atoms with Crippen molar-refractivity contribution in [3.05, 3.63) is 133 Å². The maximum absolute atomic E-state index is 6.81. The van der Waals surface area contributed by atoms with E-state index in [-0.39, 0.29) is 6.10 Å². The number of ether oxygens (including phenoxy) is 3. The summed E-state index contributed by atoms with van der Waals surface area (Å²) in [5.74, 6) is 0. The SMILES string of the molecule is C=CCOCC(COC(c1ccccc1)(c1ccccc1)c1ccccc1)OCC=C. The molecular formula is C28H30O3. The van der Waals surface area contributed by atoms with Crippen LogP contribution < -0.4 is 0 Å². The molecular weight excluding hydrogens is 384 g/mol. The lowest BCUT2D eigenvalue weighted by atomic mass is 9.80. The first-order chi connectivity index (χ1) is 15.3.